The van der Waals surface area contributed by atoms with Gasteiger partial charge >= 0.3 is 6.03 Å². The third kappa shape index (κ3) is 4.40. The van der Waals surface area contributed by atoms with Crippen molar-refractivity contribution >= 4 is 23.1 Å². The molecular weight excluding hydrogens is 310 g/mol. The largest absolute Gasteiger partial charge is 0.333 e. The summed E-state index contributed by atoms with van der Waals surface area (Å²) in [5, 5.41) is 10.8. The number of carbonyl (C=O) groups is 1. The molecule has 7 heteroatoms. The average molecular weight is 327 g/mol. The molecule has 0 saturated heterocycles. The van der Waals surface area contributed by atoms with Crippen LogP contribution in [-0.2, 0) is 13.1 Å². The summed E-state index contributed by atoms with van der Waals surface area (Å²) in [4.78, 5) is 17.2. The molecule has 118 valence electrons. The number of nitrogens with one attached hydrogen (secondary N) is 2. The van der Waals surface area contributed by atoms with Crippen molar-refractivity contribution in [3.05, 3.63) is 64.4 Å². The van der Waals surface area contributed by atoms with E-state index in [4.69, 9.17) is 0 Å². The van der Waals surface area contributed by atoms with E-state index in [0.717, 1.165) is 21.1 Å². The number of hydrogen-bond donors (Lipinski definition) is 2. The van der Waals surface area contributed by atoms with Crippen molar-refractivity contribution in [1.29, 1.82) is 0 Å². The Balaban J connectivity index is 1.55. The fraction of sp³-hybridized carbons (Fsp3) is 0.188. The molecule has 0 fully saturated rings. The third-order valence-electron chi connectivity index (χ3n) is 3.18. The molecule has 0 unspecified atom stereocenters. The molecule has 0 aliphatic heterocycles. The number of urea groups is 1. The number of nitrogens with zero attached hydrogens (tertiary/aromatic N) is 3. The van der Waals surface area contributed by atoms with Crippen molar-refractivity contribution < 1.29 is 4.79 Å². The number of aryl methyl sites for hydroxylation is 1. The predicted octanol–water partition coefficient (Wildman–Crippen LogP) is 3.02. The summed E-state index contributed by atoms with van der Waals surface area (Å²) in [6, 6.07) is 9.39. The van der Waals surface area contributed by atoms with E-state index >= 15 is 0 Å². The Hall–Kier alpha value is -2.67. The van der Waals surface area contributed by atoms with Gasteiger partial charge in [-0.2, -0.15) is 5.10 Å². The summed E-state index contributed by atoms with van der Waals surface area (Å²) in [5.41, 5.74) is 1.83. The van der Waals surface area contributed by atoms with Crippen molar-refractivity contribution in [3.63, 3.8) is 0 Å². The molecule has 2 aromatic heterocycles. The van der Waals surface area contributed by atoms with Gasteiger partial charge in [0.25, 0.3) is 0 Å². The molecule has 2 amide bonds. The number of hydrogen-bond acceptors (Lipinski definition) is 4. The average Bonchev–Trinajstić information content (AvgIpc) is 3.17. The Bertz CT molecular complexity index is 781. The summed E-state index contributed by atoms with van der Waals surface area (Å²) < 4.78 is 1.84. The van der Waals surface area contributed by atoms with E-state index in [9.17, 15) is 4.79 Å². The highest BCUT2D eigenvalue weighted by atomic mass is 32.1. The van der Waals surface area contributed by atoms with Crippen LogP contribution in [0.15, 0.2) is 48.9 Å². The van der Waals surface area contributed by atoms with Crippen LogP contribution in [0.4, 0.5) is 10.5 Å². The monoisotopic (exact) mass is 327 g/mol. The van der Waals surface area contributed by atoms with Gasteiger partial charge in [0.1, 0.15) is 0 Å². The van der Waals surface area contributed by atoms with E-state index in [1.165, 1.54) is 0 Å². The van der Waals surface area contributed by atoms with Gasteiger partial charge in [0.15, 0.2) is 0 Å². The van der Waals surface area contributed by atoms with Gasteiger partial charge in [-0.25, -0.2) is 9.78 Å². The minimum absolute atomic E-state index is 0.229. The quantitative estimate of drug-likeness (QED) is 0.756. The standard InChI is InChI=1S/C16H17N5OS/c1-12-17-9-15(23-12)10-18-16(22)20-14-5-2-4-13(8-14)11-21-7-3-6-19-21/h2-9H,10-11H2,1H3,(H2,18,20,22). The van der Waals surface area contributed by atoms with E-state index in [1.807, 2.05) is 48.1 Å². The van der Waals surface area contributed by atoms with Crippen molar-refractivity contribution in [2.75, 3.05) is 5.32 Å². The maximum absolute atomic E-state index is 12.0. The highest BCUT2D eigenvalue weighted by Gasteiger charge is 2.04. The van der Waals surface area contributed by atoms with Crippen LogP contribution < -0.4 is 10.6 Å². The van der Waals surface area contributed by atoms with Crippen molar-refractivity contribution in [2.24, 2.45) is 0 Å². The Morgan fingerprint density at radius 3 is 3.00 bits per heavy atom. The summed E-state index contributed by atoms with van der Waals surface area (Å²) >= 11 is 1.58. The van der Waals surface area contributed by atoms with Gasteiger partial charge < -0.3 is 10.6 Å². The van der Waals surface area contributed by atoms with E-state index < -0.39 is 0 Å². The zero-order valence-electron chi connectivity index (χ0n) is 12.7. The van der Waals surface area contributed by atoms with Gasteiger partial charge in [-0.3, -0.25) is 4.68 Å². The van der Waals surface area contributed by atoms with Gasteiger partial charge in [-0.05, 0) is 30.7 Å². The Kier molecular flexibility index (Phi) is 4.68. The molecule has 3 aromatic rings. The Morgan fingerprint density at radius 2 is 2.26 bits per heavy atom. The molecule has 2 N–H and O–H groups in total. The molecule has 0 bridgehead atoms. The molecule has 3 rings (SSSR count). The van der Waals surface area contributed by atoms with Gasteiger partial charge in [0.05, 0.1) is 18.1 Å². The summed E-state index contributed by atoms with van der Waals surface area (Å²) in [6.07, 6.45) is 5.44. The molecule has 0 atom stereocenters. The molecule has 2 heterocycles. The van der Waals surface area contributed by atoms with Gasteiger partial charge in [0, 0.05) is 29.2 Å². The Morgan fingerprint density at radius 1 is 1.35 bits per heavy atom. The first-order chi connectivity index (χ1) is 11.2. The van der Waals surface area contributed by atoms with Crippen LogP contribution >= 0.6 is 11.3 Å². The van der Waals surface area contributed by atoms with Crippen LogP contribution in [-0.4, -0.2) is 20.8 Å². The molecule has 6 nitrogen and oxygen atoms in total. The lowest BCUT2D eigenvalue weighted by Gasteiger charge is -2.08. The first-order valence-electron chi connectivity index (χ1n) is 7.21. The van der Waals surface area contributed by atoms with Crippen LogP contribution in [0, 0.1) is 6.92 Å². The third-order valence-corrected chi connectivity index (χ3v) is 4.09. The number of carbonyl (C=O) groups excluding carboxylic acids is 1. The molecular formula is C16H17N5OS. The molecule has 0 aliphatic carbocycles. The Labute approximate surface area is 138 Å². The first-order valence-corrected chi connectivity index (χ1v) is 8.03. The van der Waals surface area contributed by atoms with Gasteiger partial charge in [-0.1, -0.05) is 12.1 Å². The lowest BCUT2D eigenvalue weighted by molar-refractivity contribution is 0.252. The lowest BCUT2D eigenvalue weighted by Crippen LogP contribution is -2.27. The SMILES string of the molecule is Cc1ncc(CNC(=O)Nc2cccc(Cn3cccn3)c2)s1. The second kappa shape index (κ2) is 7.06. The van der Waals surface area contributed by atoms with Crippen LogP contribution in [0.3, 0.4) is 0 Å². The van der Waals surface area contributed by atoms with E-state index in [-0.39, 0.29) is 6.03 Å². The number of benzene rings is 1. The normalized spacial score (nSPS) is 10.5. The maximum Gasteiger partial charge on any atom is 0.319 e. The fourth-order valence-electron chi connectivity index (χ4n) is 2.16. The van der Waals surface area contributed by atoms with Crippen LogP contribution in [0.5, 0.6) is 0 Å². The lowest BCUT2D eigenvalue weighted by atomic mass is 10.2. The highest BCUT2D eigenvalue weighted by Crippen LogP contribution is 2.13. The maximum atomic E-state index is 12.0. The van der Waals surface area contributed by atoms with Crippen molar-refractivity contribution in [3.8, 4) is 0 Å². The zero-order valence-corrected chi connectivity index (χ0v) is 13.5. The van der Waals surface area contributed by atoms with E-state index in [0.29, 0.717) is 13.1 Å². The second-order valence-corrected chi connectivity index (χ2v) is 6.38. The molecule has 0 aliphatic rings. The van der Waals surface area contributed by atoms with Crippen LogP contribution in [0.2, 0.25) is 0 Å². The summed E-state index contributed by atoms with van der Waals surface area (Å²) in [5.74, 6) is 0. The molecule has 0 radical (unpaired) electrons. The number of rotatable bonds is 5. The number of thiazole rings is 1. The number of aromatic nitrogens is 3. The fourth-order valence-corrected chi connectivity index (χ4v) is 2.89. The smallest absolute Gasteiger partial charge is 0.319 e. The van der Waals surface area contributed by atoms with Gasteiger partial charge in [0.2, 0.25) is 0 Å². The molecule has 23 heavy (non-hydrogen) atoms. The molecule has 0 spiro atoms. The highest BCUT2D eigenvalue weighted by molar-refractivity contribution is 7.11. The second-order valence-electron chi connectivity index (χ2n) is 5.06. The van der Waals surface area contributed by atoms with Crippen molar-refractivity contribution in [1.82, 2.24) is 20.1 Å². The van der Waals surface area contributed by atoms with E-state index in [2.05, 4.69) is 20.7 Å². The number of anilines is 1. The topological polar surface area (TPSA) is 71.8 Å². The van der Waals surface area contributed by atoms with Crippen LogP contribution in [0.1, 0.15) is 15.4 Å². The summed E-state index contributed by atoms with van der Waals surface area (Å²) in [7, 11) is 0. The van der Waals surface area contributed by atoms with E-state index in [1.54, 1.807) is 23.7 Å². The zero-order chi connectivity index (χ0) is 16.1. The minimum Gasteiger partial charge on any atom is -0.333 e. The predicted molar refractivity (Wildman–Crippen MR) is 90.5 cm³/mol. The van der Waals surface area contributed by atoms with Crippen LogP contribution in [0.25, 0.3) is 0 Å². The molecule has 0 saturated carbocycles. The first kappa shape index (κ1) is 15.2. The van der Waals surface area contributed by atoms with Gasteiger partial charge in [-0.15, -0.1) is 11.3 Å². The van der Waals surface area contributed by atoms with Crippen molar-refractivity contribution in [2.45, 2.75) is 20.0 Å². The minimum atomic E-state index is -0.229. The molecule has 1 aromatic carbocycles. The number of amides is 2. The summed E-state index contributed by atoms with van der Waals surface area (Å²) in [6.45, 7) is 3.09.